The molecule has 1 aromatic carbocycles. The van der Waals surface area contributed by atoms with Gasteiger partial charge >= 0.3 is 0 Å². The second-order valence-corrected chi connectivity index (χ2v) is 5.46. The van der Waals surface area contributed by atoms with Gasteiger partial charge in [-0.1, -0.05) is 19.9 Å². The van der Waals surface area contributed by atoms with Crippen molar-refractivity contribution in [3.63, 3.8) is 0 Å². The zero-order chi connectivity index (χ0) is 13.1. The van der Waals surface area contributed by atoms with E-state index in [0.717, 1.165) is 15.8 Å². The predicted molar refractivity (Wildman–Crippen MR) is 73.2 cm³/mol. The molecule has 0 fully saturated rings. The Morgan fingerprint density at radius 1 is 1.47 bits per heavy atom. The van der Waals surface area contributed by atoms with E-state index >= 15 is 0 Å². The normalized spacial score (nSPS) is 14.8. The largest absolute Gasteiger partial charge is 0.496 e. The van der Waals surface area contributed by atoms with Gasteiger partial charge in [0.15, 0.2) is 0 Å². The molecule has 0 aliphatic carbocycles. The molecule has 0 saturated heterocycles. The van der Waals surface area contributed by atoms with Crippen molar-refractivity contribution < 1.29 is 9.84 Å². The van der Waals surface area contributed by atoms with Crippen LogP contribution in [0.15, 0.2) is 22.7 Å². The number of rotatable bonds is 5. The number of aliphatic hydroxyl groups is 1. The molecule has 1 atom stereocenters. The van der Waals surface area contributed by atoms with Gasteiger partial charge in [-0.15, -0.1) is 0 Å². The number of benzene rings is 1. The van der Waals surface area contributed by atoms with Crippen molar-refractivity contribution in [1.29, 1.82) is 0 Å². The topological polar surface area (TPSA) is 55.5 Å². The van der Waals surface area contributed by atoms with Crippen molar-refractivity contribution in [2.24, 2.45) is 11.7 Å². The minimum atomic E-state index is -0.853. The molecule has 0 heterocycles. The molecule has 0 radical (unpaired) electrons. The molecular formula is C13H20BrNO2. The Hall–Kier alpha value is -0.580. The summed E-state index contributed by atoms with van der Waals surface area (Å²) in [5.41, 5.74) is 5.85. The third-order valence-corrected chi connectivity index (χ3v) is 3.77. The van der Waals surface area contributed by atoms with Gasteiger partial charge in [-0.2, -0.15) is 0 Å². The molecule has 96 valence electrons. The molecule has 0 saturated carbocycles. The second-order valence-electron chi connectivity index (χ2n) is 4.61. The molecule has 1 unspecified atom stereocenters. The molecule has 0 bridgehead atoms. The first-order valence-corrected chi connectivity index (χ1v) is 6.47. The SMILES string of the molecule is COc1ccc(CC(O)(CN)C(C)C)cc1Br. The Balaban J connectivity index is 2.91. The fraction of sp³-hybridized carbons (Fsp3) is 0.538. The number of nitrogens with two attached hydrogens (primary N) is 1. The minimum Gasteiger partial charge on any atom is -0.496 e. The van der Waals surface area contributed by atoms with E-state index in [0.29, 0.717) is 6.42 Å². The van der Waals surface area contributed by atoms with E-state index in [9.17, 15) is 5.11 Å². The summed E-state index contributed by atoms with van der Waals surface area (Å²) >= 11 is 3.44. The van der Waals surface area contributed by atoms with Crippen molar-refractivity contribution in [2.75, 3.05) is 13.7 Å². The van der Waals surface area contributed by atoms with Crippen LogP contribution in [0.25, 0.3) is 0 Å². The summed E-state index contributed by atoms with van der Waals surface area (Å²) in [7, 11) is 1.63. The molecule has 3 N–H and O–H groups in total. The third-order valence-electron chi connectivity index (χ3n) is 3.15. The number of halogens is 1. The van der Waals surface area contributed by atoms with E-state index in [-0.39, 0.29) is 12.5 Å². The maximum Gasteiger partial charge on any atom is 0.133 e. The van der Waals surface area contributed by atoms with Crippen LogP contribution in [0.3, 0.4) is 0 Å². The van der Waals surface area contributed by atoms with Gasteiger partial charge in [0.25, 0.3) is 0 Å². The Morgan fingerprint density at radius 3 is 2.53 bits per heavy atom. The molecule has 0 aromatic heterocycles. The molecule has 4 heteroatoms. The zero-order valence-corrected chi connectivity index (χ0v) is 12.1. The Morgan fingerprint density at radius 2 is 2.12 bits per heavy atom. The molecule has 1 rings (SSSR count). The van der Waals surface area contributed by atoms with E-state index in [1.807, 2.05) is 32.0 Å². The molecule has 1 aromatic rings. The highest BCUT2D eigenvalue weighted by atomic mass is 79.9. The Labute approximate surface area is 111 Å². The maximum atomic E-state index is 10.4. The second kappa shape index (κ2) is 5.85. The van der Waals surface area contributed by atoms with Crippen molar-refractivity contribution in [2.45, 2.75) is 25.9 Å². The lowest BCUT2D eigenvalue weighted by atomic mass is 9.84. The summed E-state index contributed by atoms with van der Waals surface area (Å²) < 4.78 is 6.06. The van der Waals surface area contributed by atoms with Crippen molar-refractivity contribution in [3.05, 3.63) is 28.2 Å². The van der Waals surface area contributed by atoms with E-state index in [4.69, 9.17) is 10.5 Å². The summed E-state index contributed by atoms with van der Waals surface area (Å²) in [5.74, 6) is 0.906. The van der Waals surface area contributed by atoms with Gasteiger partial charge in [0.05, 0.1) is 17.2 Å². The predicted octanol–water partition coefficient (Wildman–Crippen LogP) is 2.35. The van der Waals surface area contributed by atoms with Crippen LogP contribution in [-0.2, 0) is 6.42 Å². The first-order valence-electron chi connectivity index (χ1n) is 5.68. The van der Waals surface area contributed by atoms with Gasteiger partial charge in [0.2, 0.25) is 0 Å². The van der Waals surface area contributed by atoms with Gasteiger partial charge in [0, 0.05) is 13.0 Å². The maximum absolute atomic E-state index is 10.4. The average Bonchev–Trinajstić information content (AvgIpc) is 2.29. The van der Waals surface area contributed by atoms with Gasteiger partial charge < -0.3 is 15.6 Å². The average molecular weight is 302 g/mol. The van der Waals surface area contributed by atoms with Crippen LogP contribution in [0.4, 0.5) is 0 Å². The first-order chi connectivity index (χ1) is 7.92. The Bertz CT molecular complexity index is 382. The standard InChI is InChI=1S/C13H20BrNO2/c1-9(2)13(16,8-15)7-10-4-5-12(17-3)11(14)6-10/h4-6,9,16H,7-8,15H2,1-3H3. The van der Waals surface area contributed by atoms with Crippen LogP contribution in [0, 0.1) is 5.92 Å². The monoisotopic (exact) mass is 301 g/mol. The quantitative estimate of drug-likeness (QED) is 0.878. The van der Waals surface area contributed by atoms with Crippen molar-refractivity contribution in [1.82, 2.24) is 0 Å². The van der Waals surface area contributed by atoms with Gasteiger partial charge in [-0.25, -0.2) is 0 Å². The van der Waals surface area contributed by atoms with E-state index in [1.165, 1.54) is 0 Å². The molecule has 3 nitrogen and oxygen atoms in total. The molecule has 17 heavy (non-hydrogen) atoms. The summed E-state index contributed by atoms with van der Waals surface area (Å²) in [6, 6.07) is 5.80. The van der Waals surface area contributed by atoms with Crippen LogP contribution in [0.2, 0.25) is 0 Å². The van der Waals surface area contributed by atoms with E-state index in [2.05, 4.69) is 15.9 Å². The number of hydrogen-bond acceptors (Lipinski definition) is 3. The van der Waals surface area contributed by atoms with Gasteiger partial charge in [0.1, 0.15) is 5.75 Å². The first kappa shape index (κ1) is 14.5. The van der Waals surface area contributed by atoms with Crippen LogP contribution in [0.1, 0.15) is 19.4 Å². The third kappa shape index (κ3) is 3.44. The van der Waals surface area contributed by atoms with Crippen molar-refractivity contribution in [3.8, 4) is 5.75 Å². The summed E-state index contributed by atoms with van der Waals surface area (Å²) in [5, 5.41) is 10.4. The summed E-state index contributed by atoms with van der Waals surface area (Å²) in [6.07, 6.45) is 0.545. The lowest BCUT2D eigenvalue weighted by Crippen LogP contribution is -2.44. The number of hydrogen-bond donors (Lipinski definition) is 2. The number of ether oxygens (including phenoxy) is 1. The smallest absolute Gasteiger partial charge is 0.133 e. The molecular weight excluding hydrogens is 282 g/mol. The zero-order valence-electron chi connectivity index (χ0n) is 10.5. The van der Waals surface area contributed by atoms with Gasteiger partial charge in [-0.05, 0) is 39.5 Å². The highest BCUT2D eigenvalue weighted by Crippen LogP contribution is 2.28. The number of methoxy groups -OCH3 is 1. The lowest BCUT2D eigenvalue weighted by Gasteiger charge is -2.31. The van der Waals surface area contributed by atoms with Crippen LogP contribution in [0.5, 0.6) is 5.75 Å². The Kier molecular flexibility index (Phi) is 4.98. The fourth-order valence-corrected chi connectivity index (χ4v) is 2.27. The van der Waals surface area contributed by atoms with Crippen LogP contribution in [-0.4, -0.2) is 24.4 Å². The molecule has 0 aliphatic rings. The van der Waals surface area contributed by atoms with Crippen molar-refractivity contribution >= 4 is 15.9 Å². The van der Waals surface area contributed by atoms with Crippen LogP contribution < -0.4 is 10.5 Å². The van der Waals surface area contributed by atoms with E-state index in [1.54, 1.807) is 7.11 Å². The van der Waals surface area contributed by atoms with Gasteiger partial charge in [-0.3, -0.25) is 0 Å². The highest BCUT2D eigenvalue weighted by Gasteiger charge is 2.29. The molecule has 0 amide bonds. The van der Waals surface area contributed by atoms with E-state index < -0.39 is 5.60 Å². The highest BCUT2D eigenvalue weighted by molar-refractivity contribution is 9.10. The summed E-state index contributed by atoms with van der Waals surface area (Å²) in [4.78, 5) is 0. The summed E-state index contributed by atoms with van der Waals surface area (Å²) in [6.45, 7) is 4.21. The molecule has 0 aliphatic heterocycles. The lowest BCUT2D eigenvalue weighted by molar-refractivity contribution is 0.00406. The van der Waals surface area contributed by atoms with Crippen LogP contribution >= 0.6 is 15.9 Å². The minimum absolute atomic E-state index is 0.119. The fourth-order valence-electron chi connectivity index (χ4n) is 1.69. The molecule has 0 spiro atoms.